The van der Waals surface area contributed by atoms with Gasteiger partial charge in [-0.15, -0.1) is 0 Å². The third kappa shape index (κ3) is 6.71. The van der Waals surface area contributed by atoms with Crippen LogP contribution in [0.3, 0.4) is 0 Å². The summed E-state index contributed by atoms with van der Waals surface area (Å²) in [5.74, 6) is 1.55. The van der Waals surface area contributed by atoms with Gasteiger partial charge >= 0.3 is 0 Å². The van der Waals surface area contributed by atoms with Crippen LogP contribution in [0.2, 0.25) is 0 Å². The van der Waals surface area contributed by atoms with E-state index in [1.807, 2.05) is 30.3 Å². The van der Waals surface area contributed by atoms with E-state index in [9.17, 15) is 0 Å². The zero-order valence-electron chi connectivity index (χ0n) is 9.81. The SMILES string of the molecule is C1COSN1.CC(C)COc1ccccc1. The lowest BCUT2D eigenvalue weighted by atomic mass is 10.2. The molecule has 0 unspecified atom stereocenters. The van der Waals surface area contributed by atoms with Crippen molar-refractivity contribution in [1.29, 1.82) is 0 Å². The summed E-state index contributed by atoms with van der Waals surface area (Å²) in [6, 6.07) is 9.90. The van der Waals surface area contributed by atoms with Crippen LogP contribution in [0.1, 0.15) is 13.8 Å². The van der Waals surface area contributed by atoms with E-state index < -0.39 is 0 Å². The van der Waals surface area contributed by atoms with Gasteiger partial charge in [-0.25, -0.2) is 4.72 Å². The van der Waals surface area contributed by atoms with Crippen LogP contribution in [-0.4, -0.2) is 19.8 Å². The minimum absolute atomic E-state index is 0.593. The van der Waals surface area contributed by atoms with Gasteiger partial charge in [0.2, 0.25) is 0 Å². The number of rotatable bonds is 3. The van der Waals surface area contributed by atoms with Gasteiger partial charge in [0.1, 0.15) is 5.75 Å². The Kier molecular flexibility index (Phi) is 7.05. The molecule has 1 N–H and O–H groups in total. The highest BCUT2D eigenvalue weighted by Crippen LogP contribution is 2.09. The third-order valence-corrected chi connectivity index (χ3v) is 2.34. The molecule has 2 rings (SSSR count). The standard InChI is InChI=1S/C10H14O.C2H5NOS/c1-9(2)8-11-10-6-4-3-5-7-10;1-2-4-5-3-1/h3-7,9H,8H2,1-2H3;3H,1-2H2. The molecule has 0 spiro atoms. The molecule has 0 bridgehead atoms. The van der Waals surface area contributed by atoms with E-state index in [-0.39, 0.29) is 0 Å². The van der Waals surface area contributed by atoms with Crippen LogP contribution >= 0.6 is 12.2 Å². The number of hydrogen-bond acceptors (Lipinski definition) is 4. The van der Waals surface area contributed by atoms with E-state index in [0.29, 0.717) is 5.92 Å². The maximum atomic E-state index is 5.47. The van der Waals surface area contributed by atoms with Gasteiger partial charge in [-0.3, -0.25) is 4.18 Å². The molecule has 1 aliphatic rings. The first-order valence-electron chi connectivity index (χ1n) is 5.48. The second-order valence-corrected chi connectivity index (χ2v) is 4.51. The topological polar surface area (TPSA) is 30.5 Å². The molecular weight excluding hydrogens is 222 g/mol. The van der Waals surface area contributed by atoms with Crippen LogP contribution < -0.4 is 9.46 Å². The van der Waals surface area contributed by atoms with Gasteiger partial charge in [-0.1, -0.05) is 32.0 Å². The van der Waals surface area contributed by atoms with Gasteiger partial charge < -0.3 is 4.74 Å². The van der Waals surface area contributed by atoms with Crippen molar-refractivity contribution in [2.75, 3.05) is 19.8 Å². The fourth-order valence-electron chi connectivity index (χ4n) is 0.988. The van der Waals surface area contributed by atoms with Crippen molar-refractivity contribution >= 4 is 12.2 Å². The lowest BCUT2D eigenvalue weighted by Gasteiger charge is -2.07. The third-order valence-electron chi connectivity index (χ3n) is 1.73. The molecule has 1 fully saturated rings. The van der Waals surface area contributed by atoms with Crippen molar-refractivity contribution < 1.29 is 8.92 Å². The van der Waals surface area contributed by atoms with Gasteiger partial charge in [-0.2, -0.15) is 0 Å². The summed E-state index contributed by atoms with van der Waals surface area (Å²) in [6.07, 6.45) is 0. The molecule has 0 saturated carbocycles. The first kappa shape index (κ1) is 13.4. The molecule has 4 heteroatoms. The Bertz CT molecular complexity index is 255. The molecule has 0 aromatic heterocycles. The van der Waals surface area contributed by atoms with E-state index in [1.165, 1.54) is 12.2 Å². The maximum absolute atomic E-state index is 5.47. The van der Waals surface area contributed by atoms with Crippen LogP contribution in [0.15, 0.2) is 30.3 Å². The smallest absolute Gasteiger partial charge is 0.119 e. The zero-order chi connectivity index (χ0) is 11.6. The van der Waals surface area contributed by atoms with Crippen molar-refractivity contribution in [2.24, 2.45) is 5.92 Å². The molecule has 1 aromatic rings. The number of hydrogen-bond donors (Lipinski definition) is 1. The van der Waals surface area contributed by atoms with Crippen LogP contribution in [0.4, 0.5) is 0 Å². The summed E-state index contributed by atoms with van der Waals surface area (Å²) < 4.78 is 13.1. The van der Waals surface area contributed by atoms with E-state index in [4.69, 9.17) is 8.92 Å². The largest absolute Gasteiger partial charge is 0.493 e. The molecule has 0 atom stereocenters. The number of benzene rings is 1. The van der Waals surface area contributed by atoms with E-state index >= 15 is 0 Å². The molecule has 0 radical (unpaired) electrons. The summed E-state index contributed by atoms with van der Waals surface area (Å²) in [5, 5.41) is 0. The Morgan fingerprint density at radius 1 is 1.38 bits per heavy atom. The first-order valence-corrected chi connectivity index (χ1v) is 6.22. The predicted molar refractivity (Wildman–Crippen MR) is 68.3 cm³/mol. The average molecular weight is 241 g/mol. The Morgan fingerprint density at radius 3 is 2.56 bits per heavy atom. The molecule has 1 saturated heterocycles. The molecule has 3 nitrogen and oxygen atoms in total. The Balaban J connectivity index is 0.000000212. The van der Waals surface area contributed by atoms with Gasteiger partial charge in [0.25, 0.3) is 0 Å². The molecule has 0 amide bonds. The second-order valence-electron chi connectivity index (χ2n) is 3.82. The van der Waals surface area contributed by atoms with Gasteiger partial charge in [0, 0.05) is 6.54 Å². The minimum Gasteiger partial charge on any atom is -0.493 e. The van der Waals surface area contributed by atoms with Gasteiger partial charge in [0.05, 0.1) is 25.4 Å². The highest BCUT2D eigenvalue weighted by Gasteiger charge is 1.95. The fourth-order valence-corrected chi connectivity index (χ4v) is 1.40. The predicted octanol–water partition coefficient (Wildman–Crippen LogP) is 2.89. The van der Waals surface area contributed by atoms with Crippen molar-refractivity contribution in [3.05, 3.63) is 30.3 Å². The zero-order valence-corrected chi connectivity index (χ0v) is 10.6. The van der Waals surface area contributed by atoms with Crippen molar-refractivity contribution in [1.82, 2.24) is 4.72 Å². The van der Waals surface area contributed by atoms with Crippen molar-refractivity contribution in [2.45, 2.75) is 13.8 Å². The first-order chi connectivity index (χ1) is 7.79. The Labute approximate surface area is 102 Å². The van der Waals surface area contributed by atoms with E-state index in [2.05, 4.69) is 18.6 Å². The van der Waals surface area contributed by atoms with Gasteiger partial charge in [0.15, 0.2) is 0 Å². The molecule has 0 aliphatic carbocycles. The quantitative estimate of drug-likeness (QED) is 0.651. The molecule has 16 heavy (non-hydrogen) atoms. The summed E-state index contributed by atoms with van der Waals surface area (Å²) >= 11 is 1.32. The van der Waals surface area contributed by atoms with E-state index in [0.717, 1.165) is 25.5 Å². The summed E-state index contributed by atoms with van der Waals surface area (Å²) in [7, 11) is 0. The number of nitrogens with one attached hydrogen (secondary N) is 1. The lowest BCUT2D eigenvalue weighted by Crippen LogP contribution is -2.03. The summed E-state index contributed by atoms with van der Waals surface area (Å²) in [5.41, 5.74) is 0. The molecular formula is C12H19NO2S. The number of ether oxygens (including phenoxy) is 1. The van der Waals surface area contributed by atoms with Crippen LogP contribution in [0.5, 0.6) is 5.75 Å². The van der Waals surface area contributed by atoms with Crippen LogP contribution in [-0.2, 0) is 4.18 Å². The second kappa shape index (κ2) is 8.44. The molecule has 1 heterocycles. The Hall–Kier alpha value is -0.710. The van der Waals surface area contributed by atoms with Crippen molar-refractivity contribution in [3.8, 4) is 5.75 Å². The van der Waals surface area contributed by atoms with Crippen LogP contribution in [0, 0.1) is 5.92 Å². The summed E-state index contributed by atoms with van der Waals surface area (Å²) in [6.45, 7) is 6.92. The monoisotopic (exact) mass is 241 g/mol. The maximum Gasteiger partial charge on any atom is 0.119 e. The van der Waals surface area contributed by atoms with Gasteiger partial charge in [-0.05, 0) is 18.1 Å². The van der Waals surface area contributed by atoms with Crippen LogP contribution in [0.25, 0.3) is 0 Å². The minimum atomic E-state index is 0.593. The van der Waals surface area contributed by atoms with E-state index in [1.54, 1.807) is 0 Å². The molecule has 90 valence electrons. The van der Waals surface area contributed by atoms with Crippen molar-refractivity contribution in [3.63, 3.8) is 0 Å². The normalized spacial score (nSPS) is 14.4. The highest BCUT2D eigenvalue weighted by molar-refractivity contribution is 7.92. The highest BCUT2D eigenvalue weighted by atomic mass is 32.2. The Morgan fingerprint density at radius 2 is 2.12 bits per heavy atom. The molecule has 1 aliphatic heterocycles. The average Bonchev–Trinajstić information content (AvgIpc) is 2.86. The fraction of sp³-hybridized carbons (Fsp3) is 0.500. The lowest BCUT2D eigenvalue weighted by molar-refractivity contribution is 0.271. The summed E-state index contributed by atoms with van der Waals surface area (Å²) in [4.78, 5) is 0. The number of para-hydroxylation sites is 1. The molecule has 1 aromatic carbocycles.